The summed E-state index contributed by atoms with van der Waals surface area (Å²) in [6, 6.07) is 3.94. The molecule has 18 heavy (non-hydrogen) atoms. The number of hydrogen-bond donors (Lipinski definition) is 2. The zero-order chi connectivity index (χ0) is 12.8. The van der Waals surface area contributed by atoms with Crippen molar-refractivity contribution in [2.24, 2.45) is 0 Å². The lowest BCUT2D eigenvalue weighted by Crippen LogP contribution is -2.04. The highest BCUT2D eigenvalue weighted by molar-refractivity contribution is 6.32. The van der Waals surface area contributed by atoms with Gasteiger partial charge in [-0.25, -0.2) is 15.0 Å². The first kappa shape index (κ1) is 12.6. The maximum atomic E-state index is 5.96. The molecule has 0 fully saturated rings. The summed E-state index contributed by atoms with van der Waals surface area (Å²) >= 11 is 5.96. The van der Waals surface area contributed by atoms with E-state index in [-0.39, 0.29) is 0 Å². The van der Waals surface area contributed by atoms with Crippen molar-refractivity contribution in [3.8, 4) is 0 Å². The Labute approximate surface area is 111 Å². The number of halogens is 1. The molecule has 0 spiro atoms. The third-order valence-electron chi connectivity index (χ3n) is 2.31. The maximum absolute atomic E-state index is 5.96. The fourth-order valence-electron chi connectivity index (χ4n) is 1.49. The molecule has 2 aromatic heterocycles. The maximum Gasteiger partial charge on any atom is 0.148 e. The van der Waals surface area contributed by atoms with Crippen LogP contribution in [0.4, 0.5) is 11.6 Å². The highest BCUT2D eigenvalue weighted by Gasteiger charge is 2.01. The van der Waals surface area contributed by atoms with Crippen LogP contribution in [0.15, 0.2) is 30.9 Å². The first-order valence-electron chi connectivity index (χ1n) is 5.67. The first-order valence-corrected chi connectivity index (χ1v) is 6.05. The highest BCUT2D eigenvalue weighted by atomic mass is 35.5. The van der Waals surface area contributed by atoms with Crippen molar-refractivity contribution in [3.63, 3.8) is 0 Å². The van der Waals surface area contributed by atoms with E-state index < -0.39 is 0 Å². The van der Waals surface area contributed by atoms with Crippen molar-refractivity contribution >= 4 is 23.2 Å². The van der Waals surface area contributed by atoms with Gasteiger partial charge in [0.25, 0.3) is 0 Å². The second kappa shape index (κ2) is 6.16. The standard InChI is InChI=1S/C12H14ClN5/c1-2-15-11-5-9(3-4-16-11)6-17-12-10(13)7-14-8-18-12/h3-5,7-8H,2,6H2,1H3,(H,15,16)(H,14,17,18). The van der Waals surface area contributed by atoms with Crippen LogP contribution in [0.2, 0.25) is 5.02 Å². The molecule has 2 heterocycles. The van der Waals surface area contributed by atoms with Crippen LogP contribution >= 0.6 is 11.6 Å². The van der Waals surface area contributed by atoms with Crippen LogP contribution in [0.3, 0.4) is 0 Å². The molecule has 2 aromatic rings. The van der Waals surface area contributed by atoms with Gasteiger partial charge in [0.2, 0.25) is 0 Å². The SMILES string of the molecule is CCNc1cc(CNc2ncncc2Cl)ccn1. The molecule has 0 aliphatic heterocycles. The predicted molar refractivity (Wildman–Crippen MR) is 72.8 cm³/mol. The summed E-state index contributed by atoms with van der Waals surface area (Å²) in [5, 5.41) is 6.84. The number of pyridine rings is 1. The fourth-order valence-corrected chi connectivity index (χ4v) is 1.66. The number of aromatic nitrogens is 3. The van der Waals surface area contributed by atoms with E-state index in [1.807, 2.05) is 19.1 Å². The molecule has 0 unspecified atom stereocenters. The minimum atomic E-state index is 0.512. The molecule has 0 aliphatic carbocycles. The van der Waals surface area contributed by atoms with Crippen LogP contribution in [0, 0.1) is 0 Å². The van der Waals surface area contributed by atoms with Crippen molar-refractivity contribution in [1.29, 1.82) is 0 Å². The van der Waals surface area contributed by atoms with Gasteiger partial charge in [-0.2, -0.15) is 0 Å². The largest absolute Gasteiger partial charge is 0.370 e. The Morgan fingerprint density at radius 2 is 2.17 bits per heavy atom. The molecule has 0 aromatic carbocycles. The number of nitrogens with zero attached hydrogens (tertiary/aromatic N) is 3. The molecule has 6 heteroatoms. The van der Waals surface area contributed by atoms with E-state index in [2.05, 4.69) is 25.6 Å². The fraction of sp³-hybridized carbons (Fsp3) is 0.250. The smallest absolute Gasteiger partial charge is 0.148 e. The van der Waals surface area contributed by atoms with Crippen LogP contribution in [0.5, 0.6) is 0 Å². The summed E-state index contributed by atoms with van der Waals surface area (Å²) in [4.78, 5) is 12.1. The Balaban J connectivity index is 2.02. The predicted octanol–water partition coefficient (Wildman–Crippen LogP) is 2.57. The topological polar surface area (TPSA) is 62.7 Å². The highest BCUT2D eigenvalue weighted by Crippen LogP contribution is 2.17. The van der Waals surface area contributed by atoms with Gasteiger partial charge < -0.3 is 10.6 Å². The van der Waals surface area contributed by atoms with Crippen LogP contribution in [-0.4, -0.2) is 21.5 Å². The lowest BCUT2D eigenvalue weighted by molar-refractivity contribution is 1.07. The Morgan fingerprint density at radius 3 is 2.94 bits per heavy atom. The molecule has 94 valence electrons. The summed E-state index contributed by atoms with van der Waals surface area (Å²) in [5.41, 5.74) is 1.11. The average molecular weight is 264 g/mol. The lowest BCUT2D eigenvalue weighted by Gasteiger charge is -2.08. The zero-order valence-corrected chi connectivity index (χ0v) is 10.8. The van der Waals surface area contributed by atoms with Crippen molar-refractivity contribution in [2.45, 2.75) is 13.5 Å². The van der Waals surface area contributed by atoms with Crippen molar-refractivity contribution < 1.29 is 0 Å². The van der Waals surface area contributed by atoms with E-state index in [1.165, 1.54) is 6.33 Å². The van der Waals surface area contributed by atoms with Crippen molar-refractivity contribution in [3.05, 3.63) is 41.4 Å². The summed E-state index contributed by atoms with van der Waals surface area (Å²) in [6.07, 6.45) is 4.80. The van der Waals surface area contributed by atoms with E-state index in [0.29, 0.717) is 17.4 Å². The third-order valence-corrected chi connectivity index (χ3v) is 2.59. The molecule has 0 atom stereocenters. The van der Waals surface area contributed by atoms with E-state index in [0.717, 1.165) is 17.9 Å². The summed E-state index contributed by atoms with van der Waals surface area (Å²) < 4.78 is 0. The van der Waals surface area contributed by atoms with Crippen molar-refractivity contribution in [1.82, 2.24) is 15.0 Å². The van der Waals surface area contributed by atoms with Gasteiger partial charge in [-0.15, -0.1) is 0 Å². The van der Waals surface area contributed by atoms with Gasteiger partial charge in [0, 0.05) is 19.3 Å². The van der Waals surface area contributed by atoms with E-state index in [1.54, 1.807) is 12.4 Å². The molecular weight excluding hydrogens is 250 g/mol. The quantitative estimate of drug-likeness (QED) is 0.868. The molecule has 0 amide bonds. The van der Waals surface area contributed by atoms with Crippen LogP contribution in [0.1, 0.15) is 12.5 Å². The van der Waals surface area contributed by atoms with Gasteiger partial charge in [-0.3, -0.25) is 0 Å². The Hall–Kier alpha value is -1.88. The molecule has 0 radical (unpaired) electrons. The van der Waals surface area contributed by atoms with Crippen LogP contribution in [0.25, 0.3) is 0 Å². The minimum Gasteiger partial charge on any atom is -0.370 e. The molecule has 0 bridgehead atoms. The van der Waals surface area contributed by atoms with E-state index >= 15 is 0 Å². The van der Waals surface area contributed by atoms with Gasteiger partial charge in [0.15, 0.2) is 0 Å². The Morgan fingerprint density at radius 1 is 1.28 bits per heavy atom. The minimum absolute atomic E-state index is 0.512. The van der Waals surface area contributed by atoms with Crippen LogP contribution in [-0.2, 0) is 6.54 Å². The van der Waals surface area contributed by atoms with Gasteiger partial charge in [0.05, 0.1) is 6.20 Å². The molecular formula is C12H14ClN5. The Bertz CT molecular complexity index is 517. The average Bonchev–Trinajstić information content (AvgIpc) is 2.39. The first-order chi connectivity index (χ1) is 8.79. The molecule has 0 saturated heterocycles. The zero-order valence-electron chi connectivity index (χ0n) is 10.0. The monoisotopic (exact) mass is 263 g/mol. The lowest BCUT2D eigenvalue weighted by atomic mass is 10.2. The molecule has 2 rings (SSSR count). The molecule has 0 saturated carbocycles. The van der Waals surface area contributed by atoms with Crippen LogP contribution < -0.4 is 10.6 Å². The molecule has 0 aliphatic rings. The van der Waals surface area contributed by atoms with Gasteiger partial charge in [-0.1, -0.05) is 11.6 Å². The summed E-state index contributed by atoms with van der Waals surface area (Å²) in [6.45, 7) is 3.52. The number of anilines is 2. The Kier molecular flexibility index (Phi) is 4.30. The third kappa shape index (κ3) is 3.30. The normalized spacial score (nSPS) is 10.1. The number of rotatable bonds is 5. The summed E-state index contributed by atoms with van der Waals surface area (Å²) in [7, 11) is 0. The number of nitrogens with one attached hydrogen (secondary N) is 2. The second-order valence-corrected chi connectivity index (χ2v) is 4.06. The van der Waals surface area contributed by atoms with E-state index in [4.69, 9.17) is 11.6 Å². The number of hydrogen-bond acceptors (Lipinski definition) is 5. The van der Waals surface area contributed by atoms with Crippen molar-refractivity contribution in [2.75, 3.05) is 17.2 Å². The van der Waals surface area contributed by atoms with E-state index in [9.17, 15) is 0 Å². The molecule has 2 N–H and O–H groups in total. The summed E-state index contributed by atoms with van der Waals surface area (Å²) in [5.74, 6) is 1.50. The second-order valence-electron chi connectivity index (χ2n) is 3.65. The molecule has 5 nitrogen and oxygen atoms in total. The van der Waals surface area contributed by atoms with Gasteiger partial charge >= 0.3 is 0 Å². The van der Waals surface area contributed by atoms with Gasteiger partial charge in [-0.05, 0) is 24.6 Å². The van der Waals surface area contributed by atoms with Gasteiger partial charge in [0.1, 0.15) is 23.0 Å².